The molecule has 2 saturated heterocycles. The minimum absolute atomic E-state index is 0.0159. The van der Waals surface area contributed by atoms with E-state index in [0.717, 1.165) is 72.3 Å². The highest BCUT2D eigenvalue weighted by atomic mass is 16.5. The van der Waals surface area contributed by atoms with Gasteiger partial charge in [-0.3, -0.25) is 19.6 Å². The van der Waals surface area contributed by atoms with Crippen molar-refractivity contribution in [1.82, 2.24) is 45.0 Å². The number of carbonyl (C=O) groups excluding carboxylic acids is 1. The molecule has 10 rings (SSSR count). The number of H-pyrrole nitrogens is 2. The third-order valence-corrected chi connectivity index (χ3v) is 13.7. The van der Waals surface area contributed by atoms with E-state index in [9.17, 15) is 14.4 Å². The molecule has 0 spiro atoms. The predicted molar refractivity (Wildman–Crippen MR) is 285 cm³/mol. The molecule has 2 aliphatic heterocycles. The molecule has 8 heterocycles. The molecule has 6 aromatic heterocycles. The number of hydrogen-bond donors (Lipinski definition) is 5. The molecule has 0 aliphatic carbocycles. The Bertz CT molecular complexity index is 3270. The second kappa shape index (κ2) is 22.3. The zero-order valence-electron chi connectivity index (χ0n) is 41.4. The first-order chi connectivity index (χ1) is 35.1. The fourth-order valence-corrected chi connectivity index (χ4v) is 9.62. The number of rotatable bonds is 12. The number of ether oxygens (including phenoxy) is 2. The fraction of sp³-hybridized carbons (Fsp3) is 0.304. The summed E-state index contributed by atoms with van der Waals surface area (Å²) in [6.45, 7) is 10.9. The molecule has 0 atom stereocenters. The van der Waals surface area contributed by atoms with E-state index in [2.05, 4.69) is 91.0 Å². The lowest BCUT2D eigenvalue weighted by Crippen LogP contribution is -2.44. The maximum absolute atomic E-state index is 12.7. The number of urea groups is 1. The molecule has 0 unspecified atom stereocenters. The van der Waals surface area contributed by atoms with E-state index in [1.165, 1.54) is 24.0 Å². The van der Waals surface area contributed by atoms with Crippen molar-refractivity contribution in [3.8, 4) is 34.0 Å². The van der Waals surface area contributed by atoms with E-state index in [1.54, 1.807) is 51.4 Å². The van der Waals surface area contributed by atoms with Crippen molar-refractivity contribution in [3.63, 3.8) is 0 Å². The average molecular weight is 968 g/mol. The Morgan fingerprint density at radius 3 is 1.50 bits per heavy atom. The quantitative estimate of drug-likeness (QED) is 0.0779. The number of pyridine rings is 6. The standard InChI is InChI=1S/C28H30N6O3.C28H31N5O2/c1-3-30-28(36)34-12-9-19(10-13-34)18-4-6-22(7-5-18)32-26-25-20(8-11-31-27(25)35)15-24(33-26)21-14-23(37-2)17-29-16-21;1-18(2)33-12-9-20(10-13-33)19-4-6-23(7-5-19)31-27-26-21(8-11-30-28(26)34)15-25(32-27)22-14-24(35-3)17-29-16-22/h4-8,11,14-17,19H,3,9-10,12-13H2,1-2H3,(H,30,36)(H,31,35)(H,32,33);4-8,11,14-18,20H,9-10,12-13H2,1-3H3,(H,30,34)(H,31,32). The first-order valence-corrected chi connectivity index (χ1v) is 24.6. The van der Waals surface area contributed by atoms with Crippen LogP contribution in [-0.2, 0) is 0 Å². The molecule has 2 aromatic carbocycles. The Labute approximate surface area is 418 Å². The summed E-state index contributed by atoms with van der Waals surface area (Å²) in [7, 11) is 3.20. The summed E-state index contributed by atoms with van der Waals surface area (Å²) in [6.07, 6.45) is 14.3. The summed E-state index contributed by atoms with van der Waals surface area (Å²) >= 11 is 0. The Balaban J connectivity index is 0.000000178. The zero-order chi connectivity index (χ0) is 50.1. The lowest BCUT2D eigenvalue weighted by Gasteiger charge is -2.34. The molecule has 2 fully saturated rings. The molecule has 2 amide bonds. The summed E-state index contributed by atoms with van der Waals surface area (Å²) in [6, 6.07) is 28.7. The van der Waals surface area contributed by atoms with Gasteiger partial charge in [0.05, 0.1) is 48.8 Å². The summed E-state index contributed by atoms with van der Waals surface area (Å²) in [5.41, 5.74) is 6.95. The molecular weight excluding hydrogens is 907 g/mol. The number of piperidine rings is 2. The van der Waals surface area contributed by atoms with Crippen LogP contribution < -0.4 is 36.5 Å². The van der Waals surface area contributed by atoms with E-state index in [0.29, 0.717) is 69.7 Å². The van der Waals surface area contributed by atoms with Gasteiger partial charge >= 0.3 is 6.03 Å². The van der Waals surface area contributed by atoms with Crippen molar-refractivity contribution in [2.75, 3.05) is 57.6 Å². The van der Waals surface area contributed by atoms with Crippen LogP contribution in [0.3, 0.4) is 0 Å². The van der Waals surface area contributed by atoms with Crippen LogP contribution in [-0.4, -0.2) is 98.7 Å². The molecule has 5 N–H and O–H groups in total. The average Bonchev–Trinajstić information content (AvgIpc) is 3.41. The topological polar surface area (TPSA) is 195 Å². The number of hydrogen-bond acceptors (Lipinski definition) is 12. The van der Waals surface area contributed by atoms with Crippen molar-refractivity contribution in [2.24, 2.45) is 0 Å². The van der Waals surface area contributed by atoms with Gasteiger partial charge in [0.25, 0.3) is 11.1 Å². The molecule has 16 nitrogen and oxygen atoms in total. The Morgan fingerprint density at radius 2 is 1.08 bits per heavy atom. The van der Waals surface area contributed by atoms with Gasteiger partial charge in [-0.1, -0.05) is 24.3 Å². The highest BCUT2D eigenvalue weighted by Crippen LogP contribution is 2.34. The number of fused-ring (bicyclic) bond motifs is 2. The number of nitrogens with one attached hydrogen (secondary N) is 5. The Morgan fingerprint density at radius 1 is 0.639 bits per heavy atom. The number of carbonyl (C=O) groups is 1. The Kier molecular flexibility index (Phi) is 15.2. The maximum Gasteiger partial charge on any atom is 0.317 e. The summed E-state index contributed by atoms with van der Waals surface area (Å²) in [5, 5.41) is 12.2. The fourth-order valence-electron chi connectivity index (χ4n) is 9.62. The molecule has 2 aliphatic rings. The molecule has 370 valence electrons. The number of amides is 2. The maximum atomic E-state index is 12.7. The first-order valence-electron chi connectivity index (χ1n) is 24.6. The minimum atomic E-state index is -0.210. The predicted octanol–water partition coefficient (Wildman–Crippen LogP) is 9.97. The smallest absolute Gasteiger partial charge is 0.317 e. The molecule has 0 radical (unpaired) electrons. The second-order valence-corrected chi connectivity index (χ2v) is 18.5. The molecule has 0 saturated carbocycles. The molecule has 0 bridgehead atoms. The number of benzene rings is 2. The molecular formula is C56H61N11O5. The van der Waals surface area contributed by atoms with Crippen LogP contribution in [0, 0.1) is 0 Å². The van der Waals surface area contributed by atoms with Crippen LogP contribution in [0.25, 0.3) is 44.1 Å². The summed E-state index contributed by atoms with van der Waals surface area (Å²) < 4.78 is 10.6. The molecule has 16 heteroatoms. The van der Waals surface area contributed by atoms with Crippen LogP contribution in [0.5, 0.6) is 11.5 Å². The van der Waals surface area contributed by atoms with Gasteiger partial charge in [0.15, 0.2) is 0 Å². The molecule has 8 aromatic rings. The van der Waals surface area contributed by atoms with Gasteiger partial charge in [0.1, 0.15) is 23.1 Å². The van der Waals surface area contributed by atoms with Crippen molar-refractivity contribution in [2.45, 2.75) is 64.3 Å². The highest BCUT2D eigenvalue weighted by Gasteiger charge is 2.25. The van der Waals surface area contributed by atoms with Gasteiger partial charge in [-0.15, -0.1) is 0 Å². The van der Waals surface area contributed by atoms with Gasteiger partial charge in [0, 0.05) is 73.0 Å². The lowest BCUT2D eigenvalue weighted by molar-refractivity contribution is 0.172. The Hall–Kier alpha value is -8.11. The second-order valence-electron chi connectivity index (χ2n) is 18.5. The monoisotopic (exact) mass is 967 g/mol. The number of likely N-dealkylation sites (tertiary alicyclic amines) is 2. The van der Waals surface area contributed by atoms with Crippen LogP contribution in [0.4, 0.5) is 27.8 Å². The van der Waals surface area contributed by atoms with E-state index in [1.807, 2.05) is 60.4 Å². The van der Waals surface area contributed by atoms with Crippen LogP contribution in [0.2, 0.25) is 0 Å². The van der Waals surface area contributed by atoms with Crippen molar-refractivity contribution in [3.05, 3.63) is 154 Å². The number of aromatic nitrogens is 6. The van der Waals surface area contributed by atoms with Crippen LogP contribution in [0.1, 0.15) is 69.4 Å². The van der Waals surface area contributed by atoms with Crippen molar-refractivity contribution >= 4 is 50.6 Å². The third-order valence-electron chi connectivity index (χ3n) is 13.7. The van der Waals surface area contributed by atoms with Crippen molar-refractivity contribution in [1.29, 1.82) is 0 Å². The minimum Gasteiger partial charge on any atom is -0.495 e. The number of methoxy groups -OCH3 is 2. The molecule has 72 heavy (non-hydrogen) atoms. The third kappa shape index (κ3) is 11.2. The van der Waals surface area contributed by atoms with E-state index >= 15 is 0 Å². The SMILES string of the molecule is CCNC(=O)N1CCC(c2ccc(Nc3nc(-c4cncc(OC)c4)cc4cc[nH]c(=O)c34)cc2)CC1.COc1cncc(-c2cc3cc[nH]c(=O)c3c(Nc3ccc(C4CCN(C(C)C)CC4)cc3)n2)c1. The van der Waals surface area contributed by atoms with Gasteiger partial charge in [-0.2, -0.15) is 0 Å². The normalized spacial score (nSPS) is 14.4. The van der Waals surface area contributed by atoms with Gasteiger partial charge in [0.2, 0.25) is 0 Å². The van der Waals surface area contributed by atoms with Gasteiger partial charge < -0.3 is 45.2 Å². The van der Waals surface area contributed by atoms with Crippen molar-refractivity contribution < 1.29 is 14.3 Å². The zero-order valence-corrected chi connectivity index (χ0v) is 41.4. The number of aromatic amines is 2. The number of anilines is 4. The van der Waals surface area contributed by atoms with Crippen LogP contribution >= 0.6 is 0 Å². The lowest BCUT2D eigenvalue weighted by atomic mass is 9.89. The van der Waals surface area contributed by atoms with Gasteiger partial charge in [-0.25, -0.2) is 14.8 Å². The van der Waals surface area contributed by atoms with E-state index in [4.69, 9.17) is 19.4 Å². The largest absolute Gasteiger partial charge is 0.495 e. The first kappa shape index (κ1) is 48.9. The highest BCUT2D eigenvalue weighted by molar-refractivity contribution is 5.96. The van der Waals surface area contributed by atoms with Crippen LogP contribution in [0.15, 0.2) is 132 Å². The van der Waals surface area contributed by atoms with E-state index in [-0.39, 0.29) is 17.1 Å². The summed E-state index contributed by atoms with van der Waals surface area (Å²) in [5.74, 6) is 3.27. The van der Waals surface area contributed by atoms with E-state index < -0.39 is 0 Å². The van der Waals surface area contributed by atoms with Gasteiger partial charge in [-0.05, 0) is 154 Å². The number of nitrogens with zero attached hydrogens (tertiary/aromatic N) is 6. The summed E-state index contributed by atoms with van der Waals surface area (Å²) in [4.78, 5) is 65.5.